The summed E-state index contributed by atoms with van der Waals surface area (Å²) in [4.78, 5) is 40.6. The van der Waals surface area contributed by atoms with Crippen molar-refractivity contribution in [3.8, 4) is 16.8 Å². The van der Waals surface area contributed by atoms with Crippen molar-refractivity contribution in [1.29, 1.82) is 0 Å². The zero-order valence-corrected chi connectivity index (χ0v) is 24.7. The lowest BCUT2D eigenvalue weighted by atomic mass is 9.87. The maximum absolute atomic E-state index is 13.8. The lowest BCUT2D eigenvalue weighted by Gasteiger charge is -2.32. The van der Waals surface area contributed by atoms with Crippen molar-refractivity contribution in [2.24, 2.45) is 5.92 Å². The fraction of sp³-hybridized carbons (Fsp3) is 0.184. The molecule has 1 saturated carbocycles. The van der Waals surface area contributed by atoms with Gasteiger partial charge >= 0.3 is 5.97 Å². The minimum absolute atomic E-state index is 0.0353. The Bertz CT molecular complexity index is 1900. The van der Waals surface area contributed by atoms with Crippen LogP contribution in [0.4, 0.5) is 0 Å². The summed E-state index contributed by atoms with van der Waals surface area (Å²) in [5.74, 6) is -0.766. The van der Waals surface area contributed by atoms with Crippen molar-refractivity contribution < 1.29 is 19.5 Å². The molecule has 2 aliphatic rings. The predicted octanol–water partition coefficient (Wildman–Crippen LogP) is 6.46. The first-order valence-electron chi connectivity index (χ1n) is 15.3. The molecule has 7 heteroatoms. The molecule has 1 fully saturated rings. The number of hydrogen-bond acceptors (Lipinski definition) is 3. The van der Waals surface area contributed by atoms with E-state index in [1.807, 2.05) is 94.7 Å². The van der Waals surface area contributed by atoms with Crippen molar-refractivity contribution in [2.45, 2.75) is 31.8 Å². The second kappa shape index (κ2) is 11.9. The summed E-state index contributed by atoms with van der Waals surface area (Å²) in [5.41, 5.74) is 7.79. The second-order valence-electron chi connectivity index (χ2n) is 11.8. The summed E-state index contributed by atoms with van der Waals surface area (Å²) in [7, 11) is 0. The zero-order chi connectivity index (χ0) is 30.9. The van der Waals surface area contributed by atoms with E-state index >= 15 is 0 Å². The fourth-order valence-corrected chi connectivity index (χ4v) is 6.53. The third-order valence-electron chi connectivity index (χ3n) is 9.02. The summed E-state index contributed by atoms with van der Waals surface area (Å²) >= 11 is 0. The molecule has 0 radical (unpaired) electrons. The van der Waals surface area contributed by atoms with E-state index < -0.39 is 5.97 Å². The summed E-state index contributed by atoms with van der Waals surface area (Å²) in [5, 5.41) is 12.8. The van der Waals surface area contributed by atoms with Crippen molar-refractivity contribution in [1.82, 2.24) is 14.8 Å². The number of carboxylic acid groups (broad SMARTS) is 1. The van der Waals surface area contributed by atoms with E-state index in [2.05, 4.69) is 17.4 Å². The van der Waals surface area contributed by atoms with Gasteiger partial charge in [-0.05, 0) is 94.6 Å². The molecule has 2 amide bonds. The van der Waals surface area contributed by atoms with E-state index in [4.69, 9.17) is 0 Å². The molecule has 45 heavy (non-hydrogen) atoms. The molecule has 1 aliphatic heterocycles. The third kappa shape index (κ3) is 5.77. The number of aromatic nitrogens is 1. The first kappa shape index (κ1) is 28.3. The minimum atomic E-state index is -0.974. The zero-order valence-electron chi connectivity index (χ0n) is 24.7. The number of carboxylic acids is 1. The Hall–Kier alpha value is -5.43. The van der Waals surface area contributed by atoms with Crippen molar-refractivity contribution >= 4 is 17.8 Å². The standard InChI is InChI=1S/C38H33N3O4/c42-36(34-22-33(34)25-8-2-1-3-9-25)39-23-29-14-15-31(26-10-6-12-28(20-26)38(44)45)32-16-19-41(24-35(29)32)37(43)27-11-7-13-30(21-27)40-17-4-5-18-40/h1-15,17-18,20-21,33-34H,16,19,22-24H2,(H,39,42)(H,44,45)/t33-,34-/m0/s1. The molecule has 1 aliphatic carbocycles. The fourth-order valence-electron chi connectivity index (χ4n) is 6.53. The Kier molecular flexibility index (Phi) is 7.51. The van der Waals surface area contributed by atoms with Gasteiger partial charge in [0.05, 0.1) is 5.56 Å². The quantitative estimate of drug-likeness (QED) is 0.215. The number of benzene rings is 4. The highest BCUT2D eigenvalue weighted by molar-refractivity contribution is 5.95. The molecule has 0 spiro atoms. The van der Waals surface area contributed by atoms with E-state index in [-0.39, 0.29) is 29.2 Å². The Labute approximate surface area is 261 Å². The number of hydrogen-bond donors (Lipinski definition) is 2. The number of aromatic carboxylic acids is 1. The van der Waals surface area contributed by atoms with E-state index in [1.165, 1.54) is 5.56 Å². The number of carbonyl (C=O) groups excluding carboxylic acids is 2. The maximum Gasteiger partial charge on any atom is 0.335 e. The van der Waals surface area contributed by atoms with Crippen LogP contribution in [0.25, 0.3) is 16.8 Å². The SMILES string of the molecule is O=C(O)c1cccc(-c2ccc(CNC(=O)[C@H]3C[C@H]3c3ccccc3)c3c2CCN(C(=O)c2cccc(-n4cccc4)c2)C3)c1. The molecular weight excluding hydrogens is 562 g/mol. The molecule has 7 rings (SSSR count). The lowest BCUT2D eigenvalue weighted by molar-refractivity contribution is -0.122. The van der Waals surface area contributed by atoms with Crippen LogP contribution in [0, 0.1) is 5.92 Å². The lowest BCUT2D eigenvalue weighted by Crippen LogP contribution is -2.37. The van der Waals surface area contributed by atoms with Gasteiger partial charge in [-0.2, -0.15) is 0 Å². The van der Waals surface area contributed by atoms with Crippen molar-refractivity contribution in [3.05, 3.63) is 149 Å². The highest BCUT2D eigenvalue weighted by Crippen LogP contribution is 2.47. The molecule has 5 aromatic rings. The van der Waals surface area contributed by atoms with Gasteiger partial charge < -0.3 is 19.9 Å². The molecule has 0 unspecified atom stereocenters. The first-order valence-corrected chi connectivity index (χ1v) is 15.3. The van der Waals surface area contributed by atoms with E-state index in [9.17, 15) is 19.5 Å². The molecule has 1 aromatic heterocycles. The topological polar surface area (TPSA) is 91.6 Å². The smallest absolute Gasteiger partial charge is 0.335 e. The molecule has 2 heterocycles. The summed E-state index contributed by atoms with van der Waals surface area (Å²) < 4.78 is 1.98. The molecule has 0 bridgehead atoms. The molecule has 2 atom stereocenters. The molecular formula is C38H33N3O4. The third-order valence-corrected chi connectivity index (χ3v) is 9.02. The van der Waals surface area contributed by atoms with Gasteiger partial charge in [0, 0.05) is 49.2 Å². The largest absolute Gasteiger partial charge is 0.478 e. The summed E-state index contributed by atoms with van der Waals surface area (Å²) in [6.45, 7) is 1.29. The Morgan fingerprint density at radius 1 is 0.800 bits per heavy atom. The highest BCUT2D eigenvalue weighted by Gasteiger charge is 2.43. The van der Waals surface area contributed by atoms with Gasteiger partial charge in [-0.25, -0.2) is 4.79 Å². The van der Waals surface area contributed by atoms with Crippen LogP contribution in [0.15, 0.2) is 116 Å². The number of nitrogens with zero attached hydrogens (tertiary/aromatic N) is 2. The molecule has 7 nitrogen and oxygen atoms in total. The van der Waals surface area contributed by atoms with Gasteiger partial charge in [-0.3, -0.25) is 9.59 Å². The number of carbonyl (C=O) groups is 3. The Balaban J connectivity index is 1.17. The average Bonchev–Trinajstić information content (AvgIpc) is 3.70. The monoisotopic (exact) mass is 595 g/mol. The van der Waals surface area contributed by atoms with Gasteiger partial charge in [-0.1, -0.05) is 60.7 Å². The number of fused-ring (bicyclic) bond motifs is 1. The van der Waals surface area contributed by atoms with Crippen LogP contribution < -0.4 is 5.32 Å². The van der Waals surface area contributed by atoms with Crippen LogP contribution in [-0.2, 0) is 24.3 Å². The van der Waals surface area contributed by atoms with Gasteiger partial charge in [-0.15, -0.1) is 0 Å². The average molecular weight is 596 g/mol. The highest BCUT2D eigenvalue weighted by atomic mass is 16.4. The van der Waals surface area contributed by atoms with E-state index in [0.29, 0.717) is 31.6 Å². The van der Waals surface area contributed by atoms with Crippen molar-refractivity contribution in [2.75, 3.05) is 6.54 Å². The van der Waals surface area contributed by atoms with Crippen LogP contribution >= 0.6 is 0 Å². The molecule has 0 saturated heterocycles. The summed E-state index contributed by atoms with van der Waals surface area (Å²) in [6.07, 6.45) is 5.36. The number of amides is 2. The Morgan fingerprint density at radius 2 is 1.58 bits per heavy atom. The predicted molar refractivity (Wildman–Crippen MR) is 172 cm³/mol. The van der Waals surface area contributed by atoms with Gasteiger partial charge in [0.2, 0.25) is 5.91 Å². The second-order valence-corrected chi connectivity index (χ2v) is 11.8. The Morgan fingerprint density at radius 3 is 2.38 bits per heavy atom. The van der Waals surface area contributed by atoms with Gasteiger partial charge in [0.1, 0.15) is 0 Å². The number of nitrogens with one attached hydrogen (secondary N) is 1. The maximum atomic E-state index is 13.8. The first-order chi connectivity index (χ1) is 22.0. The van der Waals surface area contributed by atoms with Crippen LogP contribution in [-0.4, -0.2) is 38.9 Å². The van der Waals surface area contributed by atoms with Crippen LogP contribution in [0.3, 0.4) is 0 Å². The van der Waals surface area contributed by atoms with E-state index in [0.717, 1.165) is 39.9 Å². The molecule has 2 N–H and O–H groups in total. The van der Waals surface area contributed by atoms with Crippen molar-refractivity contribution in [3.63, 3.8) is 0 Å². The normalized spacial score (nSPS) is 16.9. The van der Waals surface area contributed by atoms with Crippen LogP contribution in [0.1, 0.15) is 55.3 Å². The van der Waals surface area contributed by atoms with Crippen LogP contribution in [0.5, 0.6) is 0 Å². The molecule has 224 valence electrons. The molecule has 4 aromatic carbocycles. The van der Waals surface area contributed by atoms with E-state index in [1.54, 1.807) is 18.2 Å². The van der Waals surface area contributed by atoms with Gasteiger partial charge in [0.15, 0.2) is 0 Å². The summed E-state index contributed by atoms with van der Waals surface area (Å²) in [6, 6.07) is 32.7. The van der Waals surface area contributed by atoms with Gasteiger partial charge in [0.25, 0.3) is 5.91 Å². The minimum Gasteiger partial charge on any atom is -0.478 e. The van der Waals surface area contributed by atoms with Crippen LogP contribution in [0.2, 0.25) is 0 Å². The number of rotatable bonds is 8.